The molecular weight excluding hydrogens is 495 g/mol. The van der Waals surface area contributed by atoms with Gasteiger partial charge in [0.1, 0.15) is 23.8 Å². The normalized spacial score (nSPS) is 25.7. The summed E-state index contributed by atoms with van der Waals surface area (Å²) < 4.78 is 133. The molecule has 6 nitrogen and oxygen atoms in total. The number of nitrogens with zero attached hydrogens (tertiary/aromatic N) is 2. The molecule has 0 saturated carbocycles. The fourth-order valence-corrected chi connectivity index (χ4v) is 5.24. The number of halogens is 3. The van der Waals surface area contributed by atoms with Crippen molar-refractivity contribution in [3.05, 3.63) is 65.2 Å². The number of alkyl halides is 2. The molecule has 0 spiro atoms. The van der Waals surface area contributed by atoms with Crippen LogP contribution in [0.2, 0.25) is 0 Å². The molecule has 0 fully saturated rings. The Hall–Kier alpha value is -2.91. The number of aromatic nitrogens is 2. The molecule has 0 unspecified atom stereocenters. The molecule has 1 aliphatic carbocycles. The summed E-state index contributed by atoms with van der Waals surface area (Å²) in [6.45, 7) is -5.44. The molecule has 2 atom stereocenters. The van der Waals surface area contributed by atoms with E-state index in [1.54, 1.807) is 32.0 Å². The lowest BCUT2D eigenvalue weighted by atomic mass is 9.64. The van der Waals surface area contributed by atoms with E-state index in [1.807, 2.05) is 0 Å². The van der Waals surface area contributed by atoms with Gasteiger partial charge in [-0.3, -0.25) is 0 Å². The molecule has 0 amide bonds. The molecule has 1 aliphatic rings. The SMILES string of the molecule is [2H]C([2H])([2H])N(CC[C@@]1(OC(=O)COC)CC(F)(F)c2cc(F)ccc2[C@@H]1C(C)C)C([2H])([2H])C([2H])([2H])C([2H])([2H])c1nc2ccccc2[nH]1. The lowest BCUT2D eigenvalue weighted by Crippen LogP contribution is -2.52. The minimum atomic E-state index is -3.78. The molecule has 4 rings (SSSR count). The highest BCUT2D eigenvalue weighted by Crippen LogP contribution is 2.55. The van der Waals surface area contributed by atoms with Crippen LogP contribution >= 0.6 is 0 Å². The predicted octanol–water partition coefficient (Wildman–Crippen LogP) is 5.82. The summed E-state index contributed by atoms with van der Waals surface area (Å²) in [4.78, 5) is 19.6. The van der Waals surface area contributed by atoms with E-state index < -0.39 is 98.7 Å². The number of aromatic amines is 1. The van der Waals surface area contributed by atoms with Crippen molar-refractivity contribution < 1.29 is 39.8 Å². The highest BCUT2D eigenvalue weighted by molar-refractivity contribution is 5.74. The monoisotopic (exact) mass is 540 g/mol. The molecule has 3 aromatic rings. The maximum absolute atomic E-state index is 15.9. The van der Waals surface area contributed by atoms with E-state index in [9.17, 15) is 9.18 Å². The smallest absolute Gasteiger partial charge is 0.332 e. The number of esters is 1. The van der Waals surface area contributed by atoms with Crippen LogP contribution in [0.1, 0.15) is 68.3 Å². The van der Waals surface area contributed by atoms with E-state index in [0.717, 1.165) is 12.1 Å². The average Bonchev–Trinajstić information content (AvgIpc) is 3.37. The van der Waals surface area contributed by atoms with Gasteiger partial charge in [-0.2, -0.15) is 0 Å². The van der Waals surface area contributed by atoms with Gasteiger partial charge in [0.25, 0.3) is 5.92 Å². The first kappa shape index (κ1) is 18.4. The van der Waals surface area contributed by atoms with Crippen molar-refractivity contribution in [1.29, 1.82) is 0 Å². The van der Waals surface area contributed by atoms with Crippen molar-refractivity contribution in [2.24, 2.45) is 5.92 Å². The molecule has 1 heterocycles. The molecule has 1 N–H and O–H groups in total. The first-order valence-corrected chi connectivity index (χ1v) is 12.1. The lowest BCUT2D eigenvalue weighted by Gasteiger charge is -2.49. The number of hydrogen-bond acceptors (Lipinski definition) is 5. The Morgan fingerprint density at radius 1 is 1.32 bits per heavy atom. The fourth-order valence-electron chi connectivity index (χ4n) is 5.24. The quantitative estimate of drug-likeness (QED) is 0.311. The highest BCUT2D eigenvalue weighted by atomic mass is 19.3. The number of imidazole rings is 1. The van der Waals surface area contributed by atoms with Crippen molar-refractivity contribution in [3.8, 4) is 0 Å². The zero-order chi connectivity index (χ0) is 35.4. The van der Waals surface area contributed by atoms with E-state index in [4.69, 9.17) is 21.8 Å². The van der Waals surface area contributed by atoms with Crippen LogP contribution in [-0.2, 0) is 26.6 Å². The van der Waals surface area contributed by atoms with Crippen LogP contribution in [-0.4, -0.2) is 60.2 Å². The van der Waals surface area contributed by atoms with Crippen LogP contribution in [0.25, 0.3) is 11.0 Å². The van der Waals surface area contributed by atoms with Gasteiger partial charge < -0.3 is 19.4 Å². The number of carbonyl (C=O) groups excluding carboxylic acids is 1. The molecule has 0 saturated heterocycles. The summed E-state index contributed by atoms with van der Waals surface area (Å²) in [6.07, 6.45) is -8.85. The van der Waals surface area contributed by atoms with Gasteiger partial charge in [0, 0.05) is 50.3 Å². The van der Waals surface area contributed by atoms with Crippen molar-refractivity contribution in [1.82, 2.24) is 14.9 Å². The van der Waals surface area contributed by atoms with Crippen LogP contribution in [0.15, 0.2) is 42.5 Å². The highest BCUT2D eigenvalue weighted by Gasteiger charge is 2.57. The number of carbonyl (C=O) groups is 1. The van der Waals surface area contributed by atoms with E-state index in [-0.39, 0.29) is 16.0 Å². The Kier molecular flexibility index (Phi) is 5.54. The molecule has 0 bridgehead atoms. The van der Waals surface area contributed by atoms with Crippen LogP contribution in [0.3, 0.4) is 0 Å². The Bertz CT molecular complexity index is 1580. The second-order valence-electron chi connectivity index (χ2n) is 9.67. The van der Waals surface area contributed by atoms with Crippen LogP contribution < -0.4 is 0 Å². The molecule has 206 valence electrons. The van der Waals surface area contributed by atoms with Crippen molar-refractivity contribution in [3.63, 3.8) is 0 Å². The third-order valence-corrected chi connectivity index (χ3v) is 6.60. The van der Waals surface area contributed by atoms with Crippen LogP contribution in [0.5, 0.6) is 0 Å². The number of H-pyrrole nitrogens is 1. The number of nitrogens with one attached hydrogen (secondary N) is 1. The molecule has 1 aromatic heterocycles. The number of ether oxygens (including phenoxy) is 2. The van der Waals surface area contributed by atoms with Crippen molar-refractivity contribution in [2.45, 2.75) is 56.9 Å². The summed E-state index contributed by atoms with van der Waals surface area (Å²) >= 11 is 0. The summed E-state index contributed by atoms with van der Waals surface area (Å²) in [7, 11) is 1.17. The minimum absolute atomic E-state index is 0.0529. The second kappa shape index (κ2) is 11.5. The number of para-hydroxylation sites is 2. The molecule has 9 heteroatoms. The number of fused-ring (bicyclic) bond motifs is 2. The molecule has 38 heavy (non-hydrogen) atoms. The number of rotatable bonds is 11. The number of methoxy groups -OCH3 is 1. The van der Waals surface area contributed by atoms with Crippen molar-refractivity contribution in [2.75, 3.05) is 33.7 Å². The van der Waals surface area contributed by atoms with Gasteiger partial charge in [0.15, 0.2) is 0 Å². The van der Waals surface area contributed by atoms with Gasteiger partial charge in [-0.25, -0.2) is 22.9 Å². The first-order chi connectivity index (χ1) is 21.5. The van der Waals surface area contributed by atoms with E-state index in [1.165, 1.54) is 13.2 Å². The molecular formula is C29H36F3N3O3. The van der Waals surface area contributed by atoms with Crippen molar-refractivity contribution >= 4 is 17.0 Å². The van der Waals surface area contributed by atoms with E-state index >= 15 is 8.78 Å². The molecule has 0 radical (unpaired) electrons. The number of aryl methyl sites for hydroxylation is 1. The van der Waals surface area contributed by atoms with E-state index in [2.05, 4.69) is 9.97 Å². The summed E-state index contributed by atoms with van der Waals surface area (Å²) in [5, 5.41) is 0. The summed E-state index contributed by atoms with van der Waals surface area (Å²) in [5.41, 5.74) is -2.31. The maximum Gasteiger partial charge on any atom is 0.332 e. The summed E-state index contributed by atoms with van der Waals surface area (Å²) in [5.74, 6) is -8.00. The van der Waals surface area contributed by atoms with Gasteiger partial charge in [-0.15, -0.1) is 0 Å². The third kappa shape index (κ3) is 6.04. The Labute approximate surface area is 234 Å². The first-order valence-electron chi connectivity index (χ1n) is 16.6. The van der Waals surface area contributed by atoms with Gasteiger partial charge in [0.05, 0.1) is 17.5 Å². The lowest BCUT2D eigenvalue weighted by molar-refractivity contribution is -0.188. The average molecular weight is 541 g/mol. The minimum Gasteiger partial charge on any atom is -0.456 e. The predicted molar refractivity (Wildman–Crippen MR) is 140 cm³/mol. The van der Waals surface area contributed by atoms with Gasteiger partial charge >= 0.3 is 5.97 Å². The van der Waals surface area contributed by atoms with Gasteiger partial charge in [0.2, 0.25) is 0 Å². The fraction of sp³-hybridized carbons (Fsp3) is 0.517. The Morgan fingerprint density at radius 2 is 2.11 bits per heavy atom. The standard InChI is InChI=1S/C29H36F3N3O3/c1-19(2)27-21-12-11-20(30)16-22(21)29(31,32)18-28(27,38-26(36)17-37-4)13-15-35(3)14-7-10-25-33-23-8-5-6-9-24(23)34-25/h5-6,8-9,11-12,16,19,27H,7,10,13-15,17-18H2,1-4H3,(H,33,34)/t27-,28+/m0/s1/i3D3,7D2,10D2,14D2. The van der Waals surface area contributed by atoms with E-state index in [0.29, 0.717) is 11.6 Å². The van der Waals surface area contributed by atoms with Crippen LogP contribution in [0, 0.1) is 11.7 Å². The van der Waals surface area contributed by atoms with Gasteiger partial charge in [-0.05, 0) is 55.6 Å². The molecule has 0 aliphatic heterocycles. The van der Waals surface area contributed by atoms with Crippen LogP contribution in [0.4, 0.5) is 13.2 Å². The Morgan fingerprint density at radius 3 is 2.82 bits per heavy atom. The zero-order valence-electron chi connectivity index (χ0n) is 30.3. The number of hydrogen-bond donors (Lipinski definition) is 1. The topological polar surface area (TPSA) is 67.4 Å². The van der Waals surface area contributed by atoms with Gasteiger partial charge in [-0.1, -0.05) is 32.0 Å². The Balaban J connectivity index is 1.81. The maximum atomic E-state index is 15.9. The second-order valence-corrected chi connectivity index (χ2v) is 9.67. The zero-order valence-corrected chi connectivity index (χ0v) is 21.3. The number of benzene rings is 2. The summed E-state index contributed by atoms with van der Waals surface area (Å²) in [6, 6.07) is 9.09. The molecule has 2 aromatic carbocycles. The third-order valence-electron chi connectivity index (χ3n) is 6.60. The largest absolute Gasteiger partial charge is 0.456 e.